The van der Waals surface area contributed by atoms with Gasteiger partial charge in [-0.2, -0.15) is 0 Å². The molecular weight excluding hydrogens is 865 g/mol. The largest absolute Gasteiger partial charge is 0.462 e. The molecule has 0 aliphatic rings. The van der Waals surface area contributed by atoms with Crippen LogP contribution in [-0.4, -0.2) is 37.2 Å². The van der Waals surface area contributed by atoms with Crippen LogP contribution in [0.3, 0.4) is 0 Å². The molecule has 0 saturated heterocycles. The molecule has 70 heavy (non-hydrogen) atoms. The van der Waals surface area contributed by atoms with Crippen molar-refractivity contribution in [3.8, 4) is 0 Å². The summed E-state index contributed by atoms with van der Waals surface area (Å²) in [6.45, 7) is 6.69. The molecule has 0 aromatic rings. The molecule has 0 saturated carbocycles. The third kappa shape index (κ3) is 56.8. The molecule has 1 atom stereocenters. The van der Waals surface area contributed by atoms with E-state index in [4.69, 9.17) is 14.2 Å². The molecule has 0 aliphatic carbocycles. The molecule has 0 aliphatic heterocycles. The van der Waals surface area contributed by atoms with Crippen molar-refractivity contribution < 1.29 is 28.6 Å². The second-order valence-electron chi connectivity index (χ2n) is 21.3. The summed E-state index contributed by atoms with van der Waals surface area (Å²) < 4.78 is 16.9. The Labute approximate surface area is 436 Å². The lowest BCUT2D eigenvalue weighted by Gasteiger charge is -2.18. The van der Waals surface area contributed by atoms with Crippen LogP contribution in [0.25, 0.3) is 0 Å². The smallest absolute Gasteiger partial charge is 0.306 e. The Bertz CT molecular complexity index is 1130. The molecule has 0 heterocycles. The van der Waals surface area contributed by atoms with Crippen molar-refractivity contribution in [2.24, 2.45) is 0 Å². The van der Waals surface area contributed by atoms with Crippen molar-refractivity contribution in [2.45, 2.75) is 354 Å². The second kappa shape index (κ2) is 59.5. The summed E-state index contributed by atoms with van der Waals surface area (Å²) in [5.41, 5.74) is 0. The fourth-order valence-corrected chi connectivity index (χ4v) is 9.44. The summed E-state index contributed by atoms with van der Waals surface area (Å²) in [4.78, 5) is 38.3. The van der Waals surface area contributed by atoms with Gasteiger partial charge in [0.25, 0.3) is 0 Å². The lowest BCUT2D eigenvalue weighted by molar-refractivity contribution is -0.167. The molecule has 0 radical (unpaired) electrons. The number of rotatable bonds is 58. The van der Waals surface area contributed by atoms with E-state index in [0.717, 1.165) is 57.8 Å². The van der Waals surface area contributed by atoms with Crippen LogP contribution < -0.4 is 0 Å². The Balaban J connectivity index is 4.33. The molecule has 0 aromatic carbocycles. The van der Waals surface area contributed by atoms with Gasteiger partial charge in [-0.3, -0.25) is 14.4 Å². The van der Waals surface area contributed by atoms with Crippen LogP contribution in [0.15, 0.2) is 24.3 Å². The van der Waals surface area contributed by atoms with Crippen molar-refractivity contribution in [1.29, 1.82) is 0 Å². The summed E-state index contributed by atoms with van der Waals surface area (Å²) >= 11 is 0. The topological polar surface area (TPSA) is 78.9 Å². The van der Waals surface area contributed by atoms with E-state index in [0.29, 0.717) is 19.3 Å². The molecule has 0 N–H and O–H groups in total. The summed E-state index contributed by atoms with van der Waals surface area (Å²) in [5, 5.41) is 0. The van der Waals surface area contributed by atoms with Gasteiger partial charge in [-0.15, -0.1) is 0 Å². The molecule has 1 unspecified atom stereocenters. The standard InChI is InChI=1S/C64H120O6/c1-4-7-10-13-16-19-22-25-28-31-34-36-39-42-45-48-51-54-57-63(66)69-60-61(70-64(67)58-55-52-49-46-43-40-37-33-30-27-24-21-18-15-12-9-6-3)59-68-62(65)56-53-50-47-44-41-38-35-32-29-26-23-20-17-14-11-8-5-2/h27-28,30-31,61H,4-26,29,32-60H2,1-3H3/b30-27-,31-28-. The van der Waals surface area contributed by atoms with Gasteiger partial charge in [0, 0.05) is 19.3 Å². The first kappa shape index (κ1) is 67.9. The van der Waals surface area contributed by atoms with Gasteiger partial charge in [-0.25, -0.2) is 0 Å². The van der Waals surface area contributed by atoms with Crippen LogP contribution in [-0.2, 0) is 28.6 Å². The van der Waals surface area contributed by atoms with Crippen molar-refractivity contribution in [3.63, 3.8) is 0 Å². The zero-order chi connectivity index (χ0) is 50.7. The third-order valence-electron chi connectivity index (χ3n) is 14.2. The van der Waals surface area contributed by atoms with Crippen LogP contribution in [0.1, 0.15) is 348 Å². The Morgan fingerprint density at radius 1 is 0.271 bits per heavy atom. The van der Waals surface area contributed by atoms with Crippen molar-refractivity contribution in [3.05, 3.63) is 24.3 Å². The Kier molecular flexibility index (Phi) is 57.7. The van der Waals surface area contributed by atoms with Crippen molar-refractivity contribution in [1.82, 2.24) is 0 Å². The van der Waals surface area contributed by atoms with Crippen LogP contribution in [0.5, 0.6) is 0 Å². The van der Waals surface area contributed by atoms with Crippen LogP contribution in [0, 0.1) is 0 Å². The Morgan fingerprint density at radius 2 is 0.471 bits per heavy atom. The van der Waals surface area contributed by atoms with Crippen LogP contribution in [0.4, 0.5) is 0 Å². The first-order valence-electron chi connectivity index (χ1n) is 31.3. The average Bonchev–Trinajstić information content (AvgIpc) is 3.36. The highest BCUT2D eigenvalue weighted by Crippen LogP contribution is 2.17. The fourth-order valence-electron chi connectivity index (χ4n) is 9.44. The molecular formula is C64H120O6. The molecule has 0 aromatic heterocycles. The Hall–Kier alpha value is -2.11. The van der Waals surface area contributed by atoms with Gasteiger partial charge in [-0.1, -0.05) is 283 Å². The summed E-state index contributed by atoms with van der Waals surface area (Å²) in [5.74, 6) is -0.853. The molecule has 0 fully saturated rings. The van der Waals surface area contributed by atoms with Crippen molar-refractivity contribution >= 4 is 17.9 Å². The lowest BCUT2D eigenvalue weighted by atomic mass is 10.0. The predicted octanol–water partition coefficient (Wildman–Crippen LogP) is 21.1. The zero-order valence-corrected chi connectivity index (χ0v) is 47.3. The molecule has 0 rings (SSSR count). The van der Waals surface area contributed by atoms with E-state index in [9.17, 15) is 14.4 Å². The number of unbranched alkanes of at least 4 members (excludes halogenated alkanes) is 43. The minimum atomic E-state index is -0.772. The maximum absolute atomic E-state index is 12.9. The van der Waals surface area contributed by atoms with E-state index in [1.807, 2.05) is 0 Å². The first-order valence-corrected chi connectivity index (χ1v) is 31.3. The molecule has 0 spiro atoms. The van der Waals surface area contributed by atoms with E-state index in [-0.39, 0.29) is 31.1 Å². The number of esters is 3. The highest BCUT2D eigenvalue weighted by molar-refractivity contribution is 5.71. The first-order chi connectivity index (χ1) is 34.5. The average molecular weight is 986 g/mol. The maximum Gasteiger partial charge on any atom is 0.306 e. The minimum absolute atomic E-state index is 0.0694. The molecule has 0 amide bonds. The number of carbonyl (C=O) groups excluding carboxylic acids is 3. The Morgan fingerprint density at radius 3 is 0.714 bits per heavy atom. The maximum atomic E-state index is 12.9. The second-order valence-corrected chi connectivity index (χ2v) is 21.3. The number of hydrogen-bond acceptors (Lipinski definition) is 6. The quantitative estimate of drug-likeness (QED) is 0.0261. The molecule has 412 valence electrons. The molecule has 6 nitrogen and oxygen atoms in total. The van der Waals surface area contributed by atoms with Crippen molar-refractivity contribution in [2.75, 3.05) is 13.2 Å². The number of hydrogen-bond donors (Lipinski definition) is 0. The summed E-state index contributed by atoms with van der Waals surface area (Å²) in [6.07, 6.45) is 70.3. The van der Waals surface area contributed by atoms with Gasteiger partial charge in [-0.05, 0) is 70.6 Å². The van der Waals surface area contributed by atoms with E-state index >= 15 is 0 Å². The normalized spacial score (nSPS) is 12.1. The minimum Gasteiger partial charge on any atom is -0.462 e. The number of carbonyl (C=O) groups is 3. The van der Waals surface area contributed by atoms with Gasteiger partial charge in [0.15, 0.2) is 6.10 Å². The van der Waals surface area contributed by atoms with E-state index in [1.165, 1.54) is 250 Å². The van der Waals surface area contributed by atoms with Gasteiger partial charge in [0.05, 0.1) is 0 Å². The van der Waals surface area contributed by atoms with E-state index in [2.05, 4.69) is 45.1 Å². The van der Waals surface area contributed by atoms with Gasteiger partial charge in [0.1, 0.15) is 13.2 Å². The predicted molar refractivity (Wildman–Crippen MR) is 303 cm³/mol. The monoisotopic (exact) mass is 985 g/mol. The molecule has 6 heteroatoms. The summed E-state index contributed by atoms with van der Waals surface area (Å²) in [6, 6.07) is 0. The third-order valence-corrected chi connectivity index (χ3v) is 14.2. The SMILES string of the molecule is CCCCCCCC/C=C\CCCCCCCCCC(=O)OC(COC(=O)CCCCCCCCC/C=C\CCCCCCCCC)COC(=O)CCCCCCCCCCCCCCCCCCC. The number of ether oxygens (including phenoxy) is 3. The summed E-state index contributed by atoms with van der Waals surface area (Å²) in [7, 11) is 0. The van der Waals surface area contributed by atoms with Gasteiger partial charge in [0.2, 0.25) is 0 Å². The van der Waals surface area contributed by atoms with E-state index in [1.54, 1.807) is 0 Å². The van der Waals surface area contributed by atoms with Gasteiger partial charge >= 0.3 is 17.9 Å². The lowest BCUT2D eigenvalue weighted by Crippen LogP contribution is -2.30. The van der Waals surface area contributed by atoms with Crippen LogP contribution in [0.2, 0.25) is 0 Å². The highest BCUT2D eigenvalue weighted by Gasteiger charge is 2.19. The molecule has 0 bridgehead atoms. The zero-order valence-electron chi connectivity index (χ0n) is 47.3. The van der Waals surface area contributed by atoms with Gasteiger partial charge < -0.3 is 14.2 Å². The fraction of sp³-hybridized carbons (Fsp3) is 0.891. The highest BCUT2D eigenvalue weighted by atomic mass is 16.6. The van der Waals surface area contributed by atoms with Crippen LogP contribution >= 0.6 is 0 Å². The van der Waals surface area contributed by atoms with E-state index < -0.39 is 6.10 Å². The number of allylic oxidation sites excluding steroid dienone is 4.